The van der Waals surface area contributed by atoms with Gasteiger partial charge in [-0.3, -0.25) is 4.79 Å². The van der Waals surface area contributed by atoms with Crippen molar-refractivity contribution in [1.82, 2.24) is 4.72 Å². The average Bonchev–Trinajstić information content (AvgIpc) is 2.54. The number of hydrogen-bond donors (Lipinski definition) is 1. The third-order valence-electron chi connectivity index (χ3n) is 3.27. The first-order valence-corrected chi connectivity index (χ1v) is 9.19. The molecule has 0 saturated heterocycles. The molecule has 0 atom stereocenters. The molecule has 0 bridgehead atoms. The van der Waals surface area contributed by atoms with Gasteiger partial charge in [0.2, 0.25) is 10.0 Å². The molecule has 0 aliphatic heterocycles. The fourth-order valence-corrected chi connectivity index (χ4v) is 3.06. The Balaban J connectivity index is 1.77. The van der Waals surface area contributed by atoms with E-state index in [1.54, 1.807) is 0 Å². The van der Waals surface area contributed by atoms with Crippen LogP contribution < -0.4 is 4.72 Å². The molecule has 1 N–H and O–H groups in total. The van der Waals surface area contributed by atoms with Crippen molar-refractivity contribution in [2.75, 3.05) is 6.54 Å². The molecule has 0 aromatic heterocycles. The fourth-order valence-electron chi connectivity index (χ4n) is 1.90. The number of carbonyl (C=O) groups is 1. The number of esters is 1. The topological polar surface area (TPSA) is 72.5 Å². The summed E-state index contributed by atoms with van der Waals surface area (Å²) in [6.45, 7) is 2.11. The predicted octanol–water partition coefficient (Wildman–Crippen LogP) is 3.06. The summed E-state index contributed by atoms with van der Waals surface area (Å²) in [6.07, 6.45) is -0.0430. The van der Waals surface area contributed by atoms with Gasteiger partial charge in [0.15, 0.2) is 0 Å². The Morgan fingerprint density at radius 3 is 2.33 bits per heavy atom. The van der Waals surface area contributed by atoms with Crippen LogP contribution in [0.2, 0.25) is 5.02 Å². The number of hydrogen-bond acceptors (Lipinski definition) is 4. The van der Waals surface area contributed by atoms with E-state index in [9.17, 15) is 13.2 Å². The molecule has 0 fully saturated rings. The highest BCUT2D eigenvalue weighted by Gasteiger charge is 2.14. The normalized spacial score (nSPS) is 11.2. The number of nitrogens with one attached hydrogen (secondary N) is 1. The minimum atomic E-state index is -3.66. The lowest BCUT2D eigenvalue weighted by Gasteiger charge is -2.08. The van der Waals surface area contributed by atoms with Crippen LogP contribution in [-0.2, 0) is 26.2 Å². The maximum atomic E-state index is 12.0. The summed E-state index contributed by atoms with van der Waals surface area (Å²) >= 11 is 5.73. The van der Waals surface area contributed by atoms with Crippen LogP contribution in [0.25, 0.3) is 0 Å². The van der Waals surface area contributed by atoms with Crippen LogP contribution in [0.15, 0.2) is 53.4 Å². The van der Waals surface area contributed by atoms with E-state index in [0.717, 1.165) is 11.1 Å². The Bertz CT molecular complexity index is 786. The summed E-state index contributed by atoms with van der Waals surface area (Å²) in [4.78, 5) is 11.8. The summed E-state index contributed by atoms with van der Waals surface area (Å²) in [7, 11) is -3.66. The first-order chi connectivity index (χ1) is 11.4. The van der Waals surface area contributed by atoms with Crippen LogP contribution in [0.4, 0.5) is 0 Å². The minimum Gasteiger partial charge on any atom is -0.461 e. The largest absolute Gasteiger partial charge is 0.461 e. The van der Waals surface area contributed by atoms with E-state index < -0.39 is 16.0 Å². The zero-order valence-electron chi connectivity index (χ0n) is 13.2. The van der Waals surface area contributed by atoms with Gasteiger partial charge in [-0.2, -0.15) is 0 Å². The molecular weight excluding hydrogens is 350 g/mol. The van der Waals surface area contributed by atoms with Crippen molar-refractivity contribution >= 4 is 27.6 Å². The molecule has 0 aliphatic carbocycles. The first-order valence-electron chi connectivity index (χ1n) is 7.33. The molecule has 0 aliphatic rings. The molecule has 0 heterocycles. The number of halogens is 1. The van der Waals surface area contributed by atoms with Crippen molar-refractivity contribution in [2.45, 2.75) is 24.8 Å². The third kappa shape index (κ3) is 5.63. The highest BCUT2D eigenvalue weighted by atomic mass is 35.5. The second-order valence-corrected chi connectivity index (χ2v) is 7.45. The number of benzene rings is 2. The Morgan fingerprint density at radius 1 is 1.08 bits per heavy atom. The number of aryl methyl sites for hydroxylation is 1. The lowest BCUT2D eigenvalue weighted by molar-refractivity contribution is -0.144. The third-order valence-corrected chi connectivity index (χ3v) is 4.99. The predicted molar refractivity (Wildman–Crippen MR) is 92.2 cm³/mol. The van der Waals surface area contributed by atoms with Gasteiger partial charge in [-0.05, 0) is 36.8 Å². The second-order valence-electron chi connectivity index (χ2n) is 5.25. The SMILES string of the molecule is Cc1ccc(COC(=O)CCNS(=O)(=O)c2ccc(Cl)cc2)cc1. The summed E-state index contributed by atoms with van der Waals surface area (Å²) in [5.74, 6) is -0.464. The molecule has 0 spiro atoms. The van der Waals surface area contributed by atoms with Crippen LogP contribution in [0.5, 0.6) is 0 Å². The van der Waals surface area contributed by atoms with Crippen LogP contribution >= 0.6 is 11.6 Å². The molecule has 7 heteroatoms. The number of carbonyl (C=O) groups excluding carboxylic acids is 1. The Hall–Kier alpha value is -1.89. The van der Waals surface area contributed by atoms with E-state index in [4.69, 9.17) is 16.3 Å². The summed E-state index contributed by atoms with van der Waals surface area (Å²) < 4.78 is 31.5. The molecule has 5 nitrogen and oxygen atoms in total. The smallest absolute Gasteiger partial charge is 0.307 e. The Morgan fingerprint density at radius 2 is 1.71 bits per heavy atom. The molecule has 0 unspecified atom stereocenters. The van der Waals surface area contributed by atoms with E-state index >= 15 is 0 Å². The molecule has 2 rings (SSSR count). The average molecular weight is 368 g/mol. The van der Waals surface area contributed by atoms with Gasteiger partial charge in [-0.25, -0.2) is 13.1 Å². The highest BCUT2D eigenvalue weighted by Crippen LogP contribution is 2.13. The lowest BCUT2D eigenvalue weighted by atomic mass is 10.2. The van der Waals surface area contributed by atoms with Crippen LogP contribution in [0.3, 0.4) is 0 Å². The fraction of sp³-hybridized carbons (Fsp3) is 0.235. The van der Waals surface area contributed by atoms with Gasteiger partial charge in [0.1, 0.15) is 6.61 Å². The molecule has 0 radical (unpaired) electrons. The van der Waals surface area contributed by atoms with Gasteiger partial charge in [0.05, 0.1) is 11.3 Å². The summed E-state index contributed by atoms with van der Waals surface area (Å²) in [6, 6.07) is 13.4. The Kier molecular flexibility index (Phi) is 6.36. The second kappa shape index (κ2) is 8.28. The van der Waals surface area contributed by atoms with Gasteiger partial charge < -0.3 is 4.74 Å². The van der Waals surface area contributed by atoms with Gasteiger partial charge in [-0.1, -0.05) is 41.4 Å². The molecular formula is C17H18ClNO4S. The number of rotatable bonds is 7. The van der Waals surface area contributed by atoms with Crippen molar-refractivity contribution in [3.63, 3.8) is 0 Å². The highest BCUT2D eigenvalue weighted by molar-refractivity contribution is 7.89. The van der Waals surface area contributed by atoms with Crippen LogP contribution in [0.1, 0.15) is 17.5 Å². The molecule has 2 aromatic carbocycles. The zero-order valence-corrected chi connectivity index (χ0v) is 14.7. The summed E-state index contributed by atoms with van der Waals surface area (Å²) in [5, 5.41) is 0.452. The maximum absolute atomic E-state index is 12.0. The van der Waals surface area contributed by atoms with Crippen LogP contribution in [0, 0.1) is 6.92 Å². The standard InChI is InChI=1S/C17H18ClNO4S/c1-13-2-4-14(5-3-13)12-23-17(20)10-11-19-24(21,22)16-8-6-15(18)7-9-16/h2-9,19H,10-12H2,1H3. The van der Waals surface area contributed by atoms with Crippen molar-refractivity contribution in [1.29, 1.82) is 0 Å². The van der Waals surface area contributed by atoms with Crippen molar-refractivity contribution in [3.8, 4) is 0 Å². The minimum absolute atomic E-state index is 0.0301. The monoisotopic (exact) mass is 367 g/mol. The maximum Gasteiger partial charge on any atom is 0.307 e. The van der Waals surface area contributed by atoms with Crippen molar-refractivity contribution in [3.05, 3.63) is 64.7 Å². The van der Waals surface area contributed by atoms with Crippen molar-refractivity contribution < 1.29 is 17.9 Å². The molecule has 0 saturated carbocycles. The zero-order chi connectivity index (χ0) is 17.6. The molecule has 24 heavy (non-hydrogen) atoms. The van der Waals surface area contributed by atoms with E-state index in [0.29, 0.717) is 5.02 Å². The quantitative estimate of drug-likeness (QED) is 0.763. The van der Waals surface area contributed by atoms with Gasteiger partial charge in [0.25, 0.3) is 0 Å². The molecule has 128 valence electrons. The van der Waals surface area contributed by atoms with Crippen LogP contribution in [-0.4, -0.2) is 20.9 Å². The van der Waals surface area contributed by atoms with E-state index in [2.05, 4.69) is 4.72 Å². The molecule has 0 amide bonds. The Labute approximate surface area is 146 Å². The van der Waals surface area contributed by atoms with Crippen molar-refractivity contribution in [2.24, 2.45) is 0 Å². The van der Waals surface area contributed by atoms with E-state index in [-0.39, 0.29) is 24.5 Å². The molecule has 2 aromatic rings. The van der Waals surface area contributed by atoms with Gasteiger partial charge >= 0.3 is 5.97 Å². The van der Waals surface area contributed by atoms with E-state index in [1.165, 1.54) is 24.3 Å². The van der Waals surface area contributed by atoms with Gasteiger partial charge in [0, 0.05) is 11.6 Å². The first kappa shape index (κ1) is 18.4. The lowest BCUT2D eigenvalue weighted by Crippen LogP contribution is -2.26. The number of ether oxygens (including phenoxy) is 1. The summed E-state index contributed by atoms with van der Waals surface area (Å²) in [5.41, 5.74) is 2.01. The van der Waals surface area contributed by atoms with Gasteiger partial charge in [-0.15, -0.1) is 0 Å². The number of sulfonamides is 1. The van der Waals surface area contributed by atoms with E-state index in [1.807, 2.05) is 31.2 Å².